The molecule has 1 saturated heterocycles. The van der Waals surface area contributed by atoms with Crippen LogP contribution in [0.4, 0.5) is 0 Å². The summed E-state index contributed by atoms with van der Waals surface area (Å²) in [5, 5.41) is 2.37. The Kier molecular flexibility index (Phi) is 3.08. The summed E-state index contributed by atoms with van der Waals surface area (Å²) in [4.78, 5) is 23.1. The molecule has 1 atom stereocenters. The van der Waals surface area contributed by atoms with Crippen LogP contribution in [0.1, 0.15) is 19.8 Å². The molecule has 1 heterocycles. The third kappa shape index (κ3) is 1.96. The average Bonchev–Trinajstić information content (AvgIpc) is 2.47. The lowest BCUT2D eigenvalue weighted by Gasteiger charge is -2.20. The SMILES string of the molecule is C[C@@H]1CCCN1C(=O)CNC=O. The third-order valence-corrected chi connectivity index (χ3v) is 2.21. The van der Waals surface area contributed by atoms with Gasteiger partial charge in [-0.15, -0.1) is 0 Å². The summed E-state index contributed by atoms with van der Waals surface area (Å²) >= 11 is 0. The van der Waals surface area contributed by atoms with E-state index in [1.165, 1.54) is 0 Å². The van der Waals surface area contributed by atoms with Crippen LogP contribution in [0.5, 0.6) is 0 Å². The van der Waals surface area contributed by atoms with E-state index in [1.54, 1.807) is 0 Å². The van der Waals surface area contributed by atoms with Crippen LogP contribution < -0.4 is 5.32 Å². The number of carbonyl (C=O) groups excluding carboxylic acids is 2. The van der Waals surface area contributed by atoms with Crippen LogP contribution in [-0.2, 0) is 9.59 Å². The summed E-state index contributed by atoms with van der Waals surface area (Å²) < 4.78 is 0. The zero-order valence-electron chi connectivity index (χ0n) is 7.25. The first-order valence-electron chi connectivity index (χ1n) is 4.22. The normalized spacial score (nSPS) is 22.4. The lowest BCUT2D eigenvalue weighted by Crippen LogP contribution is -2.39. The summed E-state index contributed by atoms with van der Waals surface area (Å²) in [6.07, 6.45) is 2.71. The van der Waals surface area contributed by atoms with Gasteiger partial charge in [-0.25, -0.2) is 0 Å². The van der Waals surface area contributed by atoms with Crippen LogP contribution in [0.15, 0.2) is 0 Å². The van der Waals surface area contributed by atoms with Crippen molar-refractivity contribution in [2.75, 3.05) is 13.1 Å². The van der Waals surface area contributed by atoms with E-state index in [4.69, 9.17) is 0 Å². The lowest BCUT2D eigenvalue weighted by molar-refractivity contribution is -0.131. The maximum absolute atomic E-state index is 11.3. The molecule has 0 unspecified atom stereocenters. The van der Waals surface area contributed by atoms with Crippen molar-refractivity contribution in [3.8, 4) is 0 Å². The van der Waals surface area contributed by atoms with Crippen LogP contribution in [0.2, 0.25) is 0 Å². The topological polar surface area (TPSA) is 49.4 Å². The Hall–Kier alpha value is -1.06. The first-order valence-corrected chi connectivity index (χ1v) is 4.22. The molecule has 0 spiro atoms. The van der Waals surface area contributed by atoms with Crippen LogP contribution in [0.25, 0.3) is 0 Å². The fraction of sp³-hybridized carbons (Fsp3) is 0.750. The zero-order chi connectivity index (χ0) is 8.97. The number of rotatable bonds is 3. The highest BCUT2D eigenvalue weighted by Crippen LogP contribution is 2.15. The molecule has 4 nitrogen and oxygen atoms in total. The molecule has 12 heavy (non-hydrogen) atoms. The van der Waals surface area contributed by atoms with E-state index < -0.39 is 0 Å². The second kappa shape index (κ2) is 4.09. The van der Waals surface area contributed by atoms with Gasteiger partial charge in [-0.05, 0) is 19.8 Å². The van der Waals surface area contributed by atoms with Gasteiger partial charge in [0.05, 0.1) is 6.54 Å². The molecular weight excluding hydrogens is 156 g/mol. The van der Waals surface area contributed by atoms with E-state index in [2.05, 4.69) is 5.32 Å². The molecule has 1 fully saturated rings. The fourth-order valence-corrected chi connectivity index (χ4v) is 1.53. The molecule has 4 heteroatoms. The standard InChI is InChI=1S/C8H14N2O2/c1-7-3-2-4-10(7)8(12)5-9-6-11/h6-7H,2-5H2,1H3,(H,9,11)/t7-/m1/s1. The fourth-order valence-electron chi connectivity index (χ4n) is 1.53. The predicted molar refractivity (Wildman–Crippen MR) is 44.5 cm³/mol. The maximum Gasteiger partial charge on any atom is 0.242 e. The molecule has 0 radical (unpaired) electrons. The molecule has 1 N–H and O–H groups in total. The van der Waals surface area contributed by atoms with E-state index in [1.807, 2.05) is 11.8 Å². The molecule has 68 valence electrons. The van der Waals surface area contributed by atoms with Gasteiger partial charge < -0.3 is 10.2 Å². The molecule has 1 rings (SSSR count). The van der Waals surface area contributed by atoms with Crippen molar-refractivity contribution in [1.29, 1.82) is 0 Å². The number of carbonyl (C=O) groups is 2. The Labute approximate surface area is 71.9 Å². The van der Waals surface area contributed by atoms with Gasteiger partial charge in [0.1, 0.15) is 0 Å². The number of likely N-dealkylation sites (tertiary alicyclic amines) is 1. The van der Waals surface area contributed by atoms with Crippen molar-refractivity contribution in [3.63, 3.8) is 0 Å². The van der Waals surface area contributed by atoms with Crippen molar-refractivity contribution in [2.45, 2.75) is 25.8 Å². The van der Waals surface area contributed by atoms with Gasteiger partial charge in [0.15, 0.2) is 0 Å². The first kappa shape index (κ1) is 9.03. The maximum atomic E-state index is 11.3. The minimum absolute atomic E-state index is 0.0205. The largest absolute Gasteiger partial charge is 0.350 e. The van der Waals surface area contributed by atoms with Gasteiger partial charge in [0.25, 0.3) is 0 Å². The van der Waals surface area contributed by atoms with Crippen molar-refractivity contribution in [3.05, 3.63) is 0 Å². The van der Waals surface area contributed by atoms with Crippen molar-refractivity contribution >= 4 is 12.3 Å². The minimum atomic E-state index is 0.0205. The van der Waals surface area contributed by atoms with Crippen LogP contribution in [0.3, 0.4) is 0 Å². The van der Waals surface area contributed by atoms with E-state index in [0.29, 0.717) is 12.5 Å². The van der Waals surface area contributed by atoms with Crippen LogP contribution >= 0.6 is 0 Å². The van der Waals surface area contributed by atoms with E-state index in [-0.39, 0.29) is 12.5 Å². The Morgan fingerprint density at radius 3 is 3.00 bits per heavy atom. The monoisotopic (exact) mass is 170 g/mol. The third-order valence-electron chi connectivity index (χ3n) is 2.21. The Morgan fingerprint density at radius 1 is 1.75 bits per heavy atom. The predicted octanol–water partition coefficient (Wildman–Crippen LogP) is -0.257. The second-order valence-corrected chi connectivity index (χ2v) is 3.08. The summed E-state index contributed by atoms with van der Waals surface area (Å²) in [5.41, 5.74) is 0. The summed E-state index contributed by atoms with van der Waals surface area (Å²) in [5.74, 6) is 0.0205. The van der Waals surface area contributed by atoms with E-state index >= 15 is 0 Å². The quantitative estimate of drug-likeness (QED) is 0.593. The van der Waals surface area contributed by atoms with Crippen molar-refractivity contribution in [1.82, 2.24) is 10.2 Å². The highest BCUT2D eigenvalue weighted by atomic mass is 16.2. The Balaban J connectivity index is 2.35. The molecule has 0 bridgehead atoms. The van der Waals surface area contributed by atoms with Crippen LogP contribution in [0, 0.1) is 0 Å². The number of nitrogens with zero attached hydrogens (tertiary/aromatic N) is 1. The van der Waals surface area contributed by atoms with Crippen molar-refractivity contribution < 1.29 is 9.59 Å². The molecule has 0 aromatic rings. The van der Waals surface area contributed by atoms with Crippen molar-refractivity contribution in [2.24, 2.45) is 0 Å². The molecule has 0 aliphatic carbocycles. The smallest absolute Gasteiger partial charge is 0.242 e. The van der Waals surface area contributed by atoms with Gasteiger partial charge in [0.2, 0.25) is 12.3 Å². The first-order chi connectivity index (χ1) is 5.75. The number of nitrogens with one attached hydrogen (secondary N) is 1. The minimum Gasteiger partial charge on any atom is -0.350 e. The Morgan fingerprint density at radius 2 is 2.50 bits per heavy atom. The highest BCUT2D eigenvalue weighted by Gasteiger charge is 2.24. The number of hydrogen-bond donors (Lipinski definition) is 1. The molecule has 2 amide bonds. The number of hydrogen-bond acceptors (Lipinski definition) is 2. The molecular formula is C8H14N2O2. The van der Waals surface area contributed by atoms with E-state index in [9.17, 15) is 9.59 Å². The van der Waals surface area contributed by atoms with E-state index in [0.717, 1.165) is 19.4 Å². The zero-order valence-corrected chi connectivity index (χ0v) is 7.25. The van der Waals surface area contributed by atoms with Crippen LogP contribution in [-0.4, -0.2) is 36.3 Å². The highest BCUT2D eigenvalue weighted by molar-refractivity contribution is 5.80. The molecule has 0 saturated carbocycles. The summed E-state index contributed by atoms with van der Waals surface area (Å²) in [6, 6.07) is 0.339. The molecule has 1 aliphatic rings. The Bertz CT molecular complexity index is 182. The van der Waals surface area contributed by atoms with Gasteiger partial charge in [-0.1, -0.05) is 0 Å². The van der Waals surface area contributed by atoms with Gasteiger partial charge in [-0.3, -0.25) is 9.59 Å². The number of amides is 2. The van der Waals surface area contributed by atoms with Gasteiger partial charge in [-0.2, -0.15) is 0 Å². The summed E-state index contributed by atoms with van der Waals surface area (Å²) in [7, 11) is 0. The molecule has 1 aliphatic heterocycles. The average molecular weight is 170 g/mol. The molecule has 0 aromatic heterocycles. The lowest BCUT2D eigenvalue weighted by atomic mass is 10.2. The molecule has 0 aromatic carbocycles. The summed E-state index contributed by atoms with van der Waals surface area (Å²) in [6.45, 7) is 3.00. The van der Waals surface area contributed by atoms with Gasteiger partial charge >= 0.3 is 0 Å². The second-order valence-electron chi connectivity index (χ2n) is 3.08. The van der Waals surface area contributed by atoms with Gasteiger partial charge in [0, 0.05) is 12.6 Å².